The third-order valence-corrected chi connectivity index (χ3v) is 2.97. The molecule has 2 aromatic carbocycles. The molecule has 0 aliphatic rings. The lowest BCUT2D eigenvalue weighted by Gasteiger charge is -2.13. The molecular formula is C16H18N2O. The Morgan fingerprint density at radius 2 is 1.58 bits per heavy atom. The van der Waals surface area contributed by atoms with E-state index in [0.717, 1.165) is 5.69 Å². The van der Waals surface area contributed by atoms with Crippen molar-refractivity contribution >= 4 is 11.7 Å². The topological polar surface area (TPSA) is 41.1 Å². The number of urea groups is 1. The van der Waals surface area contributed by atoms with Crippen LogP contribution in [0.2, 0.25) is 0 Å². The zero-order valence-corrected chi connectivity index (χ0v) is 11.0. The van der Waals surface area contributed by atoms with Gasteiger partial charge in [0.1, 0.15) is 0 Å². The maximum Gasteiger partial charge on any atom is 0.319 e. The van der Waals surface area contributed by atoms with Gasteiger partial charge in [0.2, 0.25) is 0 Å². The van der Waals surface area contributed by atoms with Crippen LogP contribution in [0, 0.1) is 0 Å². The Labute approximate surface area is 113 Å². The number of rotatable bonds is 4. The lowest BCUT2D eigenvalue weighted by atomic mass is 10.0. The minimum Gasteiger partial charge on any atom is -0.337 e. The second-order valence-corrected chi connectivity index (χ2v) is 4.51. The highest BCUT2D eigenvalue weighted by Gasteiger charge is 2.07. The summed E-state index contributed by atoms with van der Waals surface area (Å²) in [7, 11) is 0. The molecule has 0 saturated carbocycles. The van der Waals surface area contributed by atoms with Crippen LogP contribution in [0.4, 0.5) is 10.5 Å². The molecule has 3 heteroatoms. The molecule has 2 amide bonds. The Hall–Kier alpha value is -2.29. The van der Waals surface area contributed by atoms with E-state index in [4.69, 9.17) is 0 Å². The molecule has 0 spiro atoms. The lowest BCUT2D eigenvalue weighted by Crippen LogP contribution is -2.31. The van der Waals surface area contributed by atoms with Gasteiger partial charge in [0.05, 0.1) is 0 Å². The van der Waals surface area contributed by atoms with Crippen molar-refractivity contribution in [2.75, 3.05) is 11.9 Å². The normalized spacial score (nSPS) is 11.6. The molecule has 2 N–H and O–H groups in total. The van der Waals surface area contributed by atoms with Crippen molar-refractivity contribution in [1.29, 1.82) is 0 Å². The molecular weight excluding hydrogens is 236 g/mol. The predicted octanol–water partition coefficient (Wildman–Crippen LogP) is 3.61. The van der Waals surface area contributed by atoms with Crippen molar-refractivity contribution in [2.24, 2.45) is 0 Å². The average Bonchev–Trinajstić information content (AvgIpc) is 2.47. The largest absolute Gasteiger partial charge is 0.337 e. The molecule has 0 aromatic heterocycles. The van der Waals surface area contributed by atoms with Gasteiger partial charge in [-0.15, -0.1) is 0 Å². The van der Waals surface area contributed by atoms with Gasteiger partial charge < -0.3 is 10.6 Å². The van der Waals surface area contributed by atoms with Gasteiger partial charge in [0.15, 0.2) is 0 Å². The van der Waals surface area contributed by atoms with Crippen LogP contribution in [0.15, 0.2) is 60.7 Å². The number of amides is 2. The van der Waals surface area contributed by atoms with E-state index in [1.807, 2.05) is 48.5 Å². The van der Waals surface area contributed by atoms with Gasteiger partial charge in [0.25, 0.3) is 0 Å². The first-order valence-corrected chi connectivity index (χ1v) is 6.40. The molecule has 98 valence electrons. The molecule has 0 bridgehead atoms. The zero-order chi connectivity index (χ0) is 13.5. The fourth-order valence-corrected chi connectivity index (χ4v) is 1.84. The van der Waals surface area contributed by atoms with Crippen molar-refractivity contribution in [3.63, 3.8) is 0 Å². The van der Waals surface area contributed by atoms with Gasteiger partial charge >= 0.3 is 6.03 Å². The van der Waals surface area contributed by atoms with Crippen LogP contribution in [0.1, 0.15) is 18.4 Å². The molecule has 0 radical (unpaired) electrons. The van der Waals surface area contributed by atoms with Crippen LogP contribution in [-0.2, 0) is 0 Å². The van der Waals surface area contributed by atoms with E-state index in [1.165, 1.54) is 5.56 Å². The van der Waals surface area contributed by atoms with Crippen molar-refractivity contribution in [1.82, 2.24) is 5.32 Å². The van der Waals surface area contributed by atoms with Gasteiger partial charge in [0, 0.05) is 12.2 Å². The smallest absolute Gasteiger partial charge is 0.319 e. The summed E-state index contributed by atoms with van der Waals surface area (Å²) in [6.45, 7) is 2.71. The van der Waals surface area contributed by atoms with E-state index in [-0.39, 0.29) is 6.03 Å². The number of anilines is 1. The van der Waals surface area contributed by atoms with E-state index in [2.05, 4.69) is 29.7 Å². The van der Waals surface area contributed by atoms with Crippen LogP contribution in [-0.4, -0.2) is 12.6 Å². The number of carbonyl (C=O) groups is 1. The molecule has 0 heterocycles. The number of para-hydroxylation sites is 1. The SMILES string of the molecule is CC(CNC(=O)Nc1ccccc1)c1ccccc1. The number of hydrogen-bond donors (Lipinski definition) is 2. The number of benzene rings is 2. The highest BCUT2D eigenvalue weighted by atomic mass is 16.2. The maximum atomic E-state index is 11.7. The Kier molecular flexibility index (Phi) is 4.56. The Balaban J connectivity index is 1.81. The van der Waals surface area contributed by atoms with Gasteiger partial charge in [-0.2, -0.15) is 0 Å². The first-order chi connectivity index (χ1) is 9.25. The summed E-state index contributed by atoms with van der Waals surface area (Å²) in [5.41, 5.74) is 2.02. The summed E-state index contributed by atoms with van der Waals surface area (Å²) in [6, 6.07) is 19.4. The summed E-state index contributed by atoms with van der Waals surface area (Å²) in [5.74, 6) is 0.294. The standard InChI is InChI=1S/C16H18N2O/c1-13(14-8-4-2-5-9-14)12-17-16(19)18-15-10-6-3-7-11-15/h2-11,13H,12H2,1H3,(H2,17,18,19). The van der Waals surface area contributed by atoms with Crippen molar-refractivity contribution in [3.05, 3.63) is 66.2 Å². The molecule has 1 atom stereocenters. The van der Waals surface area contributed by atoms with Gasteiger partial charge in [-0.05, 0) is 23.6 Å². The Morgan fingerprint density at radius 3 is 2.21 bits per heavy atom. The monoisotopic (exact) mass is 254 g/mol. The lowest BCUT2D eigenvalue weighted by molar-refractivity contribution is 0.251. The van der Waals surface area contributed by atoms with Crippen LogP contribution < -0.4 is 10.6 Å². The maximum absolute atomic E-state index is 11.7. The van der Waals surface area contributed by atoms with Crippen molar-refractivity contribution < 1.29 is 4.79 Å². The summed E-state index contributed by atoms with van der Waals surface area (Å²) >= 11 is 0. The van der Waals surface area contributed by atoms with Gasteiger partial charge in [-0.25, -0.2) is 4.79 Å². The third-order valence-electron chi connectivity index (χ3n) is 2.97. The fourth-order valence-electron chi connectivity index (χ4n) is 1.84. The van der Waals surface area contributed by atoms with E-state index >= 15 is 0 Å². The van der Waals surface area contributed by atoms with Gasteiger partial charge in [-0.3, -0.25) is 0 Å². The van der Waals surface area contributed by atoms with Crippen LogP contribution in [0.25, 0.3) is 0 Å². The minimum absolute atomic E-state index is 0.172. The third kappa shape index (κ3) is 4.14. The van der Waals surface area contributed by atoms with Crippen LogP contribution >= 0.6 is 0 Å². The molecule has 0 aliphatic heterocycles. The van der Waals surface area contributed by atoms with E-state index in [9.17, 15) is 4.79 Å². The molecule has 2 aromatic rings. The zero-order valence-electron chi connectivity index (χ0n) is 11.0. The molecule has 19 heavy (non-hydrogen) atoms. The Morgan fingerprint density at radius 1 is 1.00 bits per heavy atom. The minimum atomic E-state index is -0.172. The highest BCUT2D eigenvalue weighted by Crippen LogP contribution is 2.13. The number of nitrogens with one attached hydrogen (secondary N) is 2. The van der Waals surface area contributed by atoms with Crippen molar-refractivity contribution in [3.8, 4) is 0 Å². The van der Waals surface area contributed by atoms with E-state index in [1.54, 1.807) is 0 Å². The summed E-state index contributed by atoms with van der Waals surface area (Å²) in [5, 5.41) is 5.68. The second-order valence-electron chi connectivity index (χ2n) is 4.51. The summed E-state index contributed by atoms with van der Waals surface area (Å²) < 4.78 is 0. The van der Waals surface area contributed by atoms with E-state index < -0.39 is 0 Å². The molecule has 1 unspecified atom stereocenters. The average molecular weight is 254 g/mol. The summed E-state index contributed by atoms with van der Waals surface area (Å²) in [6.07, 6.45) is 0. The van der Waals surface area contributed by atoms with Crippen LogP contribution in [0.3, 0.4) is 0 Å². The highest BCUT2D eigenvalue weighted by molar-refractivity contribution is 5.89. The first kappa shape index (κ1) is 13.1. The quantitative estimate of drug-likeness (QED) is 0.859. The van der Waals surface area contributed by atoms with Gasteiger partial charge in [-0.1, -0.05) is 55.5 Å². The van der Waals surface area contributed by atoms with Crippen molar-refractivity contribution in [2.45, 2.75) is 12.8 Å². The molecule has 0 fully saturated rings. The number of hydrogen-bond acceptors (Lipinski definition) is 1. The first-order valence-electron chi connectivity index (χ1n) is 6.40. The Bertz CT molecular complexity index is 511. The summed E-state index contributed by atoms with van der Waals surface area (Å²) in [4.78, 5) is 11.7. The molecule has 0 saturated heterocycles. The molecule has 3 nitrogen and oxygen atoms in total. The van der Waals surface area contributed by atoms with Crippen LogP contribution in [0.5, 0.6) is 0 Å². The fraction of sp³-hybridized carbons (Fsp3) is 0.188. The predicted molar refractivity (Wildman–Crippen MR) is 78.3 cm³/mol. The number of carbonyl (C=O) groups excluding carboxylic acids is 1. The molecule has 0 aliphatic carbocycles. The van der Waals surface area contributed by atoms with E-state index in [0.29, 0.717) is 12.5 Å². The second kappa shape index (κ2) is 6.59. The molecule has 2 rings (SSSR count).